The van der Waals surface area contributed by atoms with E-state index in [4.69, 9.17) is 0 Å². The molecule has 1 saturated carbocycles. The zero-order valence-corrected chi connectivity index (χ0v) is 12.1. The van der Waals surface area contributed by atoms with Gasteiger partial charge < -0.3 is 0 Å². The molecule has 0 spiro atoms. The molecule has 2 atom stereocenters. The lowest BCUT2D eigenvalue weighted by Gasteiger charge is -2.43. The van der Waals surface area contributed by atoms with Crippen molar-refractivity contribution in [2.24, 2.45) is 10.8 Å². The number of alkyl halides is 8. The lowest BCUT2D eigenvalue weighted by atomic mass is 9.69. The fourth-order valence-electron chi connectivity index (χ4n) is 3.16. The van der Waals surface area contributed by atoms with Crippen LogP contribution >= 0.6 is 0 Å². The summed E-state index contributed by atoms with van der Waals surface area (Å²) in [7, 11) is 0. The average Bonchev–Trinajstić information content (AvgIpc) is 2.49. The molecule has 0 radical (unpaired) electrons. The molecular formula is C13H18F8. The van der Waals surface area contributed by atoms with Gasteiger partial charge in [0.05, 0.1) is 0 Å². The van der Waals surface area contributed by atoms with Gasteiger partial charge in [0.1, 0.15) is 5.67 Å². The summed E-state index contributed by atoms with van der Waals surface area (Å²) in [5.41, 5.74) is -12.5. The Bertz CT molecular complexity index is 388. The summed E-state index contributed by atoms with van der Waals surface area (Å²) < 4.78 is 108. The highest BCUT2D eigenvalue weighted by atomic mass is 19.4. The highest BCUT2D eigenvalue weighted by Gasteiger charge is 2.83. The molecule has 2 unspecified atom stereocenters. The van der Waals surface area contributed by atoms with Crippen LogP contribution in [0, 0.1) is 10.8 Å². The van der Waals surface area contributed by atoms with Gasteiger partial charge in [-0.3, -0.25) is 0 Å². The van der Waals surface area contributed by atoms with Gasteiger partial charge in [-0.15, -0.1) is 0 Å². The number of halogens is 8. The second-order valence-electron chi connectivity index (χ2n) is 6.80. The molecule has 126 valence electrons. The van der Waals surface area contributed by atoms with Crippen LogP contribution in [0.15, 0.2) is 0 Å². The first kappa shape index (κ1) is 18.5. The third kappa shape index (κ3) is 2.32. The quantitative estimate of drug-likeness (QED) is 0.537. The third-order valence-corrected chi connectivity index (χ3v) is 4.67. The van der Waals surface area contributed by atoms with Crippen LogP contribution in [-0.4, -0.2) is 23.7 Å². The molecular weight excluding hydrogens is 308 g/mol. The Morgan fingerprint density at radius 2 is 1.19 bits per heavy atom. The maximum absolute atomic E-state index is 15.0. The summed E-state index contributed by atoms with van der Waals surface area (Å²) in [5.74, 6) is 0. The van der Waals surface area contributed by atoms with Crippen molar-refractivity contribution in [1.29, 1.82) is 0 Å². The topological polar surface area (TPSA) is 0 Å². The summed E-state index contributed by atoms with van der Waals surface area (Å²) in [6, 6.07) is 0. The van der Waals surface area contributed by atoms with Crippen LogP contribution in [0.2, 0.25) is 0 Å². The van der Waals surface area contributed by atoms with E-state index >= 15 is 4.39 Å². The maximum Gasteiger partial charge on any atom is 0.403 e. The molecule has 0 N–H and O–H groups in total. The van der Waals surface area contributed by atoms with Crippen molar-refractivity contribution in [2.45, 2.75) is 70.6 Å². The van der Waals surface area contributed by atoms with Crippen molar-refractivity contribution in [2.75, 3.05) is 0 Å². The lowest BCUT2D eigenvalue weighted by Crippen LogP contribution is -2.52. The second kappa shape index (κ2) is 4.47. The van der Waals surface area contributed by atoms with Crippen LogP contribution in [0.1, 0.15) is 47.0 Å². The number of hydrogen-bond acceptors (Lipinski definition) is 0. The Morgan fingerprint density at radius 1 is 0.810 bits per heavy atom. The van der Waals surface area contributed by atoms with Crippen molar-refractivity contribution >= 4 is 0 Å². The van der Waals surface area contributed by atoms with Gasteiger partial charge >= 0.3 is 12.4 Å². The van der Waals surface area contributed by atoms with E-state index in [1.165, 1.54) is 0 Å². The Labute approximate surface area is 117 Å². The molecule has 1 aliphatic rings. The van der Waals surface area contributed by atoms with Gasteiger partial charge in [0, 0.05) is 12.8 Å². The molecule has 0 aromatic carbocycles. The molecule has 0 aromatic rings. The molecule has 1 rings (SSSR count). The first-order valence-corrected chi connectivity index (χ1v) is 6.49. The van der Waals surface area contributed by atoms with Gasteiger partial charge in [-0.2, -0.15) is 26.3 Å². The Balaban J connectivity index is 3.58. The standard InChI is InChI=1S/C13H18F8/c1-5-10(14)6-9(12(16,17)18,13(19,20)21)7-11(10,15)8(2,3)4/h5-7H2,1-4H3. The van der Waals surface area contributed by atoms with Gasteiger partial charge in [-0.25, -0.2) is 8.78 Å². The van der Waals surface area contributed by atoms with Gasteiger partial charge in [0.15, 0.2) is 11.1 Å². The molecule has 0 nitrogen and oxygen atoms in total. The van der Waals surface area contributed by atoms with E-state index in [0.717, 1.165) is 27.7 Å². The summed E-state index contributed by atoms with van der Waals surface area (Å²) in [4.78, 5) is 0. The molecule has 1 fully saturated rings. The lowest BCUT2D eigenvalue weighted by molar-refractivity contribution is -0.343. The molecule has 0 aromatic heterocycles. The van der Waals surface area contributed by atoms with Crippen molar-refractivity contribution < 1.29 is 35.1 Å². The average molecular weight is 326 g/mol. The third-order valence-electron chi connectivity index (χ3n) is 4.67. The predicted molar refractivity (Wildman–Crippen MR) is 61.2 cm³/mol. The van der Waals surface area contributed by atoms with Crippen molar-refractivity contribution in [1.82, 2.24) is 0 Å². The molecule has 0 saturated heterocycles. The van der Waals surface area contributed by atoms with Crippen molar-refractivity contribution in [3.05, 3.63) is 0 Å². The second-order valence-corrected chi connectivity index (χ2v) is 6.80. The molecule has 0 aliphatic heterocycles. The minimum Gasteiger partial charge on any atom is -0.240 e. The van der Waals surface area contributed by atoms with E-state index in [9.17, 15) is 30.7 Å². The van der Waals surface area contributed by atoms with Crippen LogP contribution in [-0.2, 0) is 0 Å². The van der Waals surface area contributed by atoms with Crippen molar-refractivity contribution in [3.63, 3.8) is 0 Å². The van der Waals surface area contributed by atoms with E-state index in [1.807, 2.05) is 0 Å². The fraction of sp³-hybridized carbons (Fsp3) is 1.00. The minimum absolute atomic E-state index is 0.755. The van der Waals surface area contributed by atoms with E-state index in [1.54, 1.807) is 0 Å². The zero-order valence-electron chi connectivity index (χ0n) is 12.1. The molecule has 0 bridgehead atoms. The van der Waals surface area contributed by atoms with Crippen LogP contribution in [0.3, 0.4) is 0 Å². The zero-order chi connectivity index (χ0) is 17.1. The molecule has 8 heteroatoms. The Kier molecular flexibility index (Phi) is 3.94. The van der Waals surface area contributed by atoms with Gasteiger partial charge in [0.2, 0.25) is 0 Å². The van der Waals surface area contributed by atoms with E-state index in [-0.39, 0.29) is 0 Å². The monoisotopic (exact) mass is 326 g/mol. The largest absolute Gasteiger partial charge is 0.403 e. The number of rotatable bonds is 1. The molecule has 0 heterocycles. The molecule has 1 aliphatic carbocycles. The van der Waals surface area contributed by atoms with E-state index < -0.39 is 53.8 Å². The first-order chi connectivity index (χ1) is 8.97. The molecule has 21 heavy (non-hydrogen) atoms. The van der Waals surface area contributed by atoms with Crippen molar-refractivity contribution in [3.8, 4) is 0 Å². The summed E-state index contributed by atoms with van der Waals surface area (Å²) in [6.07, 6.45) is -16.2. The SMILES string of the molecule is CCC1(F)CC(C(F)(F)F)(C(F)(F)F)CC1(F)C(C)(C)C. The highest BCUT2D eigenvalue weighted by molar-refractivity contribution is 5.20. The fourth-order valence-corrected chi connectivity index (χ4v) is 3.16. The van der Waals surface area contributed by atoms with Gasteiger partial charge in [-0.05, 0) is 11.8 Å². The van der Waals surface area contributed by atoms with Crippen LogP contribution in [0.25, 0.3) is 0 Å². The highest BCUT2D eigenvalue weighted by Crippen LogP contribution is 2.70. The van der Waals surface area contributed by atoms with Crippen LogP contribution in [0.4, 0.5) is 35.1 Å². The Hall–Kier alpha value is -0.560. The normalized spacial score (nSPS) is 34.3. The maximum atomic E-state index is 15.0. The van der Waals surface area contributed by atoms with Crippen LogP contribution in [0.5, 0.6) is 0 Å². The Morgan fingerprint density at radius 3 is 1.38 bits per heavy atom. The predicted octanol–water partition coefficient (Wildman–Crippen LogP) is 5.76. The molecule has 0 amide bonds. The summed E-state index contributed by atoms with van der Waals surface area (Å²) >= 11 is 0. The summed E-state index contributed by atoms with van der Waals surface area (Å²) in [5, 5.41) is 0. The number of hydrogen-bond donors (Lipinski definition) is 0. The first-order valence-electron chi connectivity index (χ1n) is 6.49. The summed E-state index contributed by atoms with van der Waals surface area (Å²) in [6.45, 7) is 4.39. The smallest absolute Gasteiger partial charge is 0.240 e. The van der Waals surface area contributed by atoms with E-state index in [2.05, 4.69) is 0 Å². The van der Waals surface area contributed by atoms with Gasteiger partial charge in [0.25, 0.3) is 0 Å². The van der Waals surface area contributed by atoms with Gasteiger partial charge in [-0.1, -0.05) is 27.7 Å². The minimum atomic E-state index is -5.77. The van der Waals surface area contributed by atoms with E-state index in [0.29, 0.717) is 0 Å². The van der Waals surface area contributed by atoms with Crippen LogP contribution < -0.4 is 0 Å².